The molecular weight excluding hydrogens is 380 g/mol. The number of anilines is 1. The van der Waals surface area contributed by atoms with Crippen LogP contribution in [-0.2, 0) is 13.6 Å². The maximum atomic E-state index is 12.3. The Bertz CT molecular complexity index is 1120. The zero-order valence-electron chi connectivity index (χ0n) is 17.6. The number of nitrogens with zero attached hydrogens (tertiary/aromatic N) is 8. The van der Waals surface area contributed by atoms with Gasteiger partial charge in [-0.1, -0.05) is 0 Å². The maximum Gasteiger partial charge on any atom is 0.270 e. The molecule has 2 atom stereocenters. The highest BCUT2D eigenvalue weighted by atomic mass is 16.1. The normalized spacial score (nSPS) is 21.4. The lowest BCUT2D eigenvalue weighted by Gasteiger charge is -2.22. The van der Waals surface area contributed by atoms with Gasteiger partial charge in [-0.25, -0.2) is 19.3 Å². The molecule has 0 spiro atoms. The van der Waals surface area contributed by atoms with E-state index in [0.29, 0.717) is 18.4 Å². The molecule has 3 aromatic rings. The van der Waals surface area contributed by atoms with Crippen LogP contribution in [0.3, 0.4) is 0 Å². The molecule has 0 bridgehead atoms. The third-order valence-electron chi connectivity index (χ3n) is 6.23. The smallest absolute Gasteiger partial charge is 0.270 e. The highest BCUT2D eigenvalue weighted by Crippen LogP contribution is 2.34. The number of fused-ring (bicyclic) bond motifs is 1. The Hall–Kier alpha value is -3.07. The van der Waals surface area contributed by atoms with Crippen molar-refractivity contribution < 1.29 is 0 Å². The molecule has 5 rings (SSSR count). The molecule has 2 fully saturated rings. The lowest BCUT2D eigenvalue weighted by atomic mass is 10.0. The Balaban J connectivity index is 1.27. The molecule has 0 amide bonds. The topological polar surface area (TPSA) is 85.0 Å². The van der Waals surface area contributed by atoms with Crippen molar-refractivity contribution in [2.75, 3.05) is 31.1 Å². The van der Waals surface area contributed by atoms with Gasteiger partial charge in [0.15, 0.2) is 5.82 Å². The van der Waals surface area contributed by atoms with E-state index < -0.39 is 0 Å². The number of hydrogen-bond donors (Lipinski definition) is 0. The summed E-state index contributed by atoms with van der Waals surface area (Å²) in [5.74, 6) is 2.93. The molecule has 9 heteroatoms. The molecule has 0 aliphatic carbocycles. The van der Waals surface area contributed by atoms with E-state index in [2.05, 4.69) is 30.0 Å². The number of rotatable bonds is 4. The standard InChI is InChI=1S/C21H26N8O/c1-14-6-15(2)29(25-14)20-7-19(22-13-23-20)28-11-17-9-27(10-18(17)12-28)8-16-4-5-24-26(3)21(16)30/h4-7,13,17-18H,8-12H2,1-3H3. The van der Waals surface area contributed by atoms with Gasteiger partial charge in [0.05, 0.1) is 5.69 Å². The summed E-state index contributed by atoms with van der Waals surface area (Å²) in [6.45, 7) is 8.67. The summed E-state index contributed by atoms with van der Waals surface area (Å²) in [5, 5.41) is 8.55. The molecule has 0 radical (unpaired) electrons. The second-order valence-corrected chi connectivity index (χ2v) is 8.48. The summed E-state index contributed by atoms with van der Waals surface area (Å²) < 4.78 is 3.28. The lowest BCUT2D eigenvalue weighted by Crippen LogP contribution is -2.32. The fourth-order valence-electron chi connectivity index (χ4n) is 4.81. The number of aryl methyl sites for hydroxylation is 3. The van der Waals surface area contributed by atoms with Crippen molar-refractivity contribution in [3.8, 4) is 5.82 Å². The van der Waals surface area contributed by atoms with Crippen LogP contribution in [0.25, 0.3) is 5.82 Å². The van der Waals surface area contributed by atoms with E-state index in [0.717, 1.165) is 54.8 Å². The third kappa shape index (κ3) is 3.39. The average Bonchev–Trinajstić information content (AvgIpc) is 3.38. The summed E-state index contributed by atoms with van der Waals surface area (Å²) in [7, 11) is 1.70. The lowest BCUT2D eigenvalue weighted by molar-refractivity contribution is 0.306. The van der Waals surface area contributed by atoms with Crippen molar-refractivity contribution in [3.63, 3.8) is 0 Å². The van der Waals surface area contributed by atoms with E-state index in [4.69, 9.17) is 0 Å². The van der Waals surface area contributed by atoms with E-state index in [1.165, 1.54) is 4.68 Å². The van der Waals surface area contributed by atoms with E-state index in [1.54, 1.807) is 19.6 Å². The predicted molar refractivity (Wildman–Crippen MR) is 113 cm³/mol. The van der Waals surface area contributed by atoms with Gasteiger partial charge >= 0.3 is 0 Å². The van der Waals surface area contributed by atoms with Gasteiger partial charge < -0.3 is 4.90 Å². The van der Waals surface area contributed by atoms with Crippen molar-refractivity contribution in [3.05, 3.63) is 58.0 Å². The molecule has 9 nitrogen and oxygen atoms in total. The molecule has 30 heavy (non-hydrogen) atoms. The molecular formula is C21H26N8O. The van der Waals surface area contributed by atoms with Crippen LogP contribution in [0, 0.1) is 25.7 Å². The maximum absolute atomic E-state index is 12.3. The summed E-state index contributed by atoms with van der Waals surface area (Å²) in [5.41, 5.74) is 2.85. The summed E-state index contributed by atoms with van der Waals surface area (Å²) >= 11 is 0. The average molecular weight is 406 g/mol. The summed E-state index contributed by atoms with van der Waals surface area (Å²) in [6.07, 6.45) is 3.33. The van der Waals surface area contributed by atoms with Crippen LogP contribution < -0.4 is 10.5 Å². The minimum absolute atomic E-state index is 0.00569. The molecule has 2 saturated heterocycles. The van der Waals surface area contributed by atoms with Gasteiger partial charge in [-0.2, -0.15) is 10.2 Å². The first-order chi connectivity index (χ1) is 14.5. The Morgan fingerprint density at radius 2 is 1.77 bits per heavy atom. The van der Waals surface area contributed by atoms with E-state index in [1.807, 2.05) is 36.7 Å². The summed E-state index contributed by atoms with van der Waals surface area (Å²) in [4.78, 5) is 26.0. The highest BCUT2D eigenvalue weighted by molar-refractivity contribution is 5.45. The molecule has 0 saturated carbocycles. The first kappa shape index (κ1) is 18.9. The van der Waals surface area contributed by atoms with E-state index >= 15 is 0 Å². The Labute approximate surface area is 175 Å². The minimum Gasteiger partial charge on any atom is -0.356 e. The fourth-order valence-corrected chi connectivity index (χ4v) is 4.81. The molecule has 2 aliphatic heterocycles. The zero-order chi connectivity index (χ0) is 20.8. The first-order valence-electron chi connectivity index (χ1n) is 10.3. The zero-order valence-corrected chi connectivity index (χ0v) is 17.6. The number of hydrogen-bond acceptors (Lipinski definition) is 7. The number of likely N-dealkylation sites (tertiary alicyclic amines) is 1. The second kappa shape index (κ2) is 7.32. The molecule has 2 unspecified atom stereocenters. The van der Waals surface area contributed by atoms with Crippen molar-refractivity contribution in [1.82, 2.24) is 34.4 Å². The van der Waals surface area contributed by atoms with Crippen LogP contribution in [0.2, 0.25) is 0 Å². The molecule has 0 aromatic carbocycles. The van der Waals surface area contributed by atoms with Gasteiger partial charge in [0.1, 0.15) is 12.1 Å². The van der Waals surface area contributed by atoms with Crippen LogP contribution in [0.5, 0.6) is 0 Å². The predicted octanol–water partition coefficient (Wildman–Crippen LogP) is 0.941. The van der Waals surface area contributed by atoms with E-state index in [-0.39, 0.29) is 5.56 Å². The van der Waals surface area contributed by atoms with Gasteiger partial charge in [0, 0.05) is 63.3 Å². The van der Waals surface area contributed by atoms with Crippen molar-refractivity contribution in [1.29, 1.82) is 0 Å². The Kier molecular flexibility index (Phi) is 4.62. The fraction of sp³-hybridized carbons (Fsp3) is 0.476. The van der Waals surface area contributed by atoms with Gasteiger partial charge in [-0.05, 0) is 37.8 Å². The molecule has 2 aliphatic rings. The largest absolute Gasteiger partial charge is 0.356 e. The Morgan fingerprint density at radius 3 is 2.47 bits per heavy atom. The van der Waals surface area contributed by atoms with Crippen LogP contribution in [0.4, 0.5) is 5.82 Å². The SMILES string of the molecule is Cc1cc(C)n(-c2cc(N3CC4CN(Cc5ccnn(C)c5=O)CC4C3)ncn2)n1. The van der Waals surface area contributed by atoms with Crippen LogP contribution >= 0.6 is 0 Å². The van der Waals surface area contributed by atoms with Crippen molar-refractivity contribution >= 4 is 5.82 Å². The molecule has 0 N–H and O–H groups in total. The number of aromatic nitrogens is 6. The van der Waals surface area contributed by atoms with Crippen molar-refractivity contribution in [2.24, 2.45) is 18.9 Å². The van der Waals surface area contributed by atoms with Crippen LogP contribution in [0.15, 0.2) is 35.5 Å². The highest BCUT2D eigenvalue weighted by Gasteiger charge is 2.40. The second-order valence-electron chi connectivity index (χ2n) is 8.48. The minimum atomic E-state index is -0.00569. The molecule has 156 valence electrons. The monoisotopic (exact) mass is 406 g/mol. The molecule has 5 heterocycles. The van der Waals surface area contributed by atoms with Gasteiger partial charge in [0.25, 0.3) is 5.56 Å². The van der Waals surface area contributed by atoms with Gasteiger partial charge in [-0.3, -0.25) is 9.69 Å². The third-order valence-corrected chi connectivity index (χ3v) is 6.23. The van der Waals surface area contributed by atoms with Crippen molar-refractivity contribution in [2.45, 2.75) is 20.4 Å². The van der Waals surface area contributed by atoms with Crippen LogP contribution in [-0.4, -0.2) is 60.6 Å². The van der Waals surface area contributed by atoms with Gasteiger partial charge in [0.2, 0.25) is 0 Å². The van der Waals surface area contributed by atoms with Gasteiger partial charge in [-0.15, -0.1) is 0 Å². The summed E-state index contributed by atoms with van der Waals surface area (Å²) in [6, 6.07) is 5.91. The first-order valence-corrected chi connectivity index (χ1v) is 10.3. The Morgan fingerprint density at radius 1 is 1.03 bits per heavy atom. The quantitative estimate of drug-likeness (QED) is 0.637. The van der Waals surface area contributed by atoms with E-state index in [9.17, 15) is 4.79 Å². The molecule has 3 aromatic heterocycles. The van der Waals surface area contributed by atoms with Crippen LogP contribution in [0.1, 0.15) is 17.0 Å².